The van der Waals surface area contributed by atoms with Crippen LogP contribution in [0.25, 0.3) is 0 Å². The zero-order valence-corrected chi connectivity index (χ0v) is 11.6. The molecule has 4 nitrogen and oxygen atoms in total. The van der Waals surface area contributed by atoms with Gasteiger partial charge in [0.1, 0.15) is 0 Å². The molecule has 0 radical (unpaired) electrons. The monoisotopic (exact) mass is 350 g/mol. The Bertz CT molecular complexity index is 657. The van der Waals surface area contributed by atoms with Gasteiger partial charge < -0.3 is 0 Å². The lowest BCUT2D eigenvalue weighted by Crippen LogP contribution is -2.12. The number of hydrogen-bond acceptors (Lipinski definition) is 3. The first-order valence-electron chi connectivity index (χ1n) is 4.92. The average Bonchev–Trinajstić information content (AvgIpc) is 2.70. The summed E-state index contributed by atoms with van der Waals surface area (Å²) < 4.78 is 39.0. The lowest BCUT2D eigenvalue weighted by molar-refractivity contribution is -0.147. The second-order valence-corrected chi connectivity index (χ2v) is 4.76. The first-order valence-corrected chi connectivity index (χ1v) is 6.12. The maximum atomic E-state index is 12.6. The van der Waals surface area contributed by atoms with Crippen LogP contribution in [0.4, 0.5) is 13.2 Å². The third-order valence-electron chi connectivity index (χ3n) is 2.10. The van der Waals surface area contributed by atoms with Gasteiger partial charge in [0, 0.05) is 4.47 Å². The maximum absolute atomic E-state index is 12.6. The second-order valence-electron chi connectivity index (χ2n) is 3.46. The van der Waals surface area contributed by atoms with E-state index in [4.69, 9.17) is 12.2 Å². The average molecular weight is 351 g/mol. The molecule has 0 aliphatic rings. The fourth-order valence-electron chi connectivity index (χ4n) is 1.26. The van der Waals surface area contributed by atoms with Crippen LogP contribution in [0.2, 0.25) is 0 Å². The molecule has 1 aromatic heterocycles. The van der Waals surface area contributed by atoms with Gasteiger partial charge in [-0.1, -0.05) is 28.1 Å². The van der Waals surface area contributed by atoms with E-state index in [1.54, 1.807) is 24.3 Å². The van der Waals surface area contributed by atoms with E-state index in [-0.39, 0.29) is 4.77 Å². The quantitative estimate of drug-likeness (QED) is 0.664. The number of H-pyrrole nitrogens is 1. The Balaban J connectivity index is 2.36. The number of alkyl halides is 3. The van der Waals surface area contributed by atoms with Gasteiger partial charge in [0.15, 0.2) is 0 Å². The van der Waals surface area contributed by atoms with Crippen LogP contribution in [0.1, 0.15) is 11.4 Å². The van der Waals surface area contributed by atoms with E-state index in [1.807, 2.05) is 0 Å². The third kappa shape index (κ3) is 3.29. The Labute approximate surface area is 119 Å². The van der Waals surface area contributed by atoms with Crippen LogP contribution in [-0.2, 0) is 6.18 Å². The highest BCUT2D eigenvalue weighted by molar-refractivity contribution is 9.10. The molecule has 1 N–H and O–H groups in total. The number of aromatic amines is 1. The van der Waals surface area contributed by atoms with Gasteiger partial charge in [0.25, 0.3) is 5.82 Å². The molecular weight excluding hydrogens is 345 g/mol. The second kappa shape index (κ2) is 5.25. The molecule has 1 aromatic carbocycles. The van der Waals surface area contributed by atoms with Crippen molar-refractivity contribution in [1.82, 2.24) is 14.9 Å². The first kappa shape index (κ1) is 13.9. The predicted molar refractivity (Wildman–Crippen MR) is 69.5 cm³/mol. The number of aromatic nitrogens is 3. The molecule has 0 aliphatic heterocycles. The molecule has 2 aromatic rings. The summed E-state index contributed by atoms with van der Waals surface area (Å²) in [7, 11) is 0. The van der Waals surface area contributed by atoms with Gasteiger partial charge in [-0.05, 0) is 29.9 Å². The largest absolute Gasteiger partial charge is 0.453 e. The molecule has 0 atom stereocenters. The third-order valence-corrected chi connectivity index (χ3v) is 2.89. The van der Waals surface area contributed by atoms with Crippen molar-refractivity contribution in [2.45, 2.75) is 6.18 Å². The minimum atomic E-state index is -4.62. The van der Waals surface area contributed by atoms with Crippen LogP contribution in [0.15, 0.2) is 33.8 Å². The first-order chi connectivity index (χ1) is 8.88. The van der Waals surface area contributed by atoms with Gasteiger partial charge in [-0.15, -0.1) is 5.10 Å². The smallest absolute Gasteiger partial charge is 0.250 e. The SMILES string of the molecule is FC(F)(F)c1n[nH]c(=S)n1/N=C\c1ccc(Br)cc1. The van der Waals surface area contributed by atoms with Crippen molar-refractivity contribution < 1.29 is 13.2 Å². The zero-order valence-electron chi connectivity index (χ0n) is 9.15. The summed E-state index contributed by atoms with van der Waals surface area (Å²) >= 11 is 7.96. The highest BCUT2D eigenvalue weighted by Crippen LogP contribution is 2.27. The van der Waals surface area contributed by atoms with Crippen molar-refractivity contribution in [2.75, 3.05) is 0 Å². The van der Waals surface area contributed by atoms with Crippen molar-refractivity contribution in [2.24, 2.45) is 5.10 Å². The lowest BCUT2D eigenvalue weighted by atomic mass is 10.2. The summed E-state index contributed by atoms with van der Waals surface area (Å²) in [6, 6.07) is 6.90. The molecule has 0 fully saturated rings. The van der Waals surface area contributed by atoms with Crippen LogP contribution >= 0.6 is 28.1 Å². The van der Waals surface area contributed by atoms with E-state index in [1.165, 1.54) is 6.21 Å². The Morgan fingerprint density at radius 1 is 1.32 bits per heavy atom. The minimum Gasteiger partial charge on any atom is -0.250 e. The number of hydrogen-bond donors (Lipinski definition) is 1. The number of benzene rings is 1. The van der Waals surface area contributed by atoms with Gasteiger partial charge in [-0.3, -0.25) is 0 Å². The summed E-state index contributed by atoms with van der Waals surface area (Å²) in [6.07, 6.45) is -3.35. The predicted octanol–water partition coefficient (Wildman–Crippen LogP) is 3.60. The fraction of sp³-hybridized carbons (Fsp3) is 0.100. The van der Waals surface area contributed by atoms with Crippen molar-refractivity contribution in [3.05, 3.63) is 44.9 Å². The molecule has 1 heterocycles. The van der Waals surface area contributed by atoms with Crippen molar-refractivity contribution in [3.8, 4) is 0 Å². The van der Waals surface area contributed by atoms with E-state index in [0.29, 0.717) is 10.2 Å². The van der Waals surface area contributed by atoms with Crippen LogP contribution in [0.5, 0.6) is 0 Å². The number of nitrogens with zero attached hydrogens (tertiary/aromatic N) is 3. The summed E-state index contributed by atoms with van der Waals surface area (Å²) in [6.45, 7) is 0. The van der Waals surface area contributed by atoms with Crippen molar-refractivity contribution in [1.29, 1.82) is 0 Å². The van der Waals surface area contributed by atoms with Crippen molar-refractivity contribution >= 4 is 34.4 Å². The summed E-state index contributed by atoms with van der Waals surface area (Å²) in [5.41, 5.74) is 0.638. The zero-order chi connectivity index (χ0) is 14.0. The molecule has 0 unspecified atom stereocenters. The van der Waals surface area contributed by atoms with Gasteiger partial charge in [0.05, 0.1) is 6.21 Å². The molecule has 100 valence electrons. The lowest BCUT2D eigenvalue weighted by Gasteiger charge is -2.03. The van der Waals surface area contributed by atoms with Gasteiger partial charge >= 0.3 is 6.18 Å². The Morgan fingerprint density at radius 3 is 2.53 bits per heavy atom. The van der Waals surface area contributed by atoms with Gasteiger partial charge in [-0.25, -0.2) is 5.10 Å². The van der Waals surface area contributed by atoms with Crippen LogP contribution < -0.4 is 0 Å². The molecule has 9 heteroatoms. The number of nitrogens with one attached hydrogen (secondary N) is 1. The summed E-state index contributed by atoms with van der Waals surface area (Å²) in [4.78, 5) is 0. The number of rotatable bonds is 2. The van der Waals surface area contributed by atoms with Gasteiger partial charge in [-0.2, -0.15) is 22.9 Å². The Hall–Kier alpha value is -1.48. The van der Waals surface area contributed by atoms with E-state index in [9.17, 15) is 13.2 Å². The molecule has 0 spiro atoms. The van der Waals surface area contributed by atoms with E-state index < -0.39 is 12.0 Å². The topological polar surface area (TPSA) is 46.0 Å². The molecule has 0 amide bonds. The minimum absolute atomic E-state index is 0.222. The van der Waals surface area contributed by atoms with Crippen molar-refractivity contribution in [3.63, 3.8) is 0 Å². The molecule has 0 bridgehead atoms. The molecule has 0 aliphatic carbocycles. The standard InChI is InChI=1S/C10H6BrF3N4S/c11-7-3-1-6(2-4-7)5-15-18-8(10(12,13)14)16-17-9(18)19/h1-5H,(H,17,19)/b15-5-. The van der Waals surface area contributed by atoms with Crippen LogP contribution in [0.3, 0.4) is 0 Å². The van der Waals surface area contributed by atoms with Crippen LogP contribution in [-0.4, -0.2) is 21.1 Å². The molecular formula is C10H6BrF3N4S. The summed E-state index contributed by atoms with van der Waals surface area (Å²) in [5, 5.41) is 8.87. The molecule has 0 saturated carbocycles. The van der Waals surface area contributed by atoms with Crippen LogP contribution in [0, 0.1) is 4.77 Å². The highest BCUT2D eigenvalue weighted by Gasteiger charge is 2.37. The van der Waals surface area contributed by atoms with Gasteiger partial charge in [0.2, 0.25) is 4.77 Å². The molecule has 0 saturated heterocycles. The van der Waals surface area contributed by atoms with E-state index in [2.05, 4.69) is 31.2 Å². The Morgan fingerprint density at radius 2 is 1.95 bits per heavy atom. The van der Waals surface area contributed by atoms with E-state index in [0.717, 1.165) is 4.47 Å². The summed E-state index contributed by atoms with van der Waals surface area (Å²) in [5.74, 6) is -1.19. The molecule has 2 rings (SSSR count). The van der Waals surface area contributed by atoms with E-state index >= 15 is 0 Å². The normalized spacial score (nSPS) is 12.2. The molecule has 19 heavy (non-hydrogen) atoms. The highest BCUT2D eigenvalue weighted by atomic mass is 79.9. The fourth-order valence-corrected chi connectivity index (χ4v) is 1.70. The number of halogens is 4. The maximum Gasteiger partial charge on any atom is 0.453 e. The Kier molecular flexibility index (Phi) is 3.85.